The molecule has 140 valence electrons. The van der Waals surface area contributed by atoms with Crippen LogP contribution in [0.1, 0.15) is 11.4 Å². The molecular formula is C19H19N3O4S. The molecule has 0 radical (unpaired) electrons. The van der Waals surface area contributed by atoms with Crippen LogP contribution in [0.5, 0.6) is 11.5 Å². The Kier molecular flexibility index (Phi) is 4.59. The van der Waals surface area contributed by atoms with E-state index in [1.54, 1.807) is 12.3 Å². The fraction of sp³-hybridized carbons (Fsp3) is 0.211. The van der Waals surface area contributed by atoms with Crippen LogP contribution in [-0.4, -0.2) is 31.2 Å². The molecule has 4 rings (SSSR count). The molecule has 1 N–H and O–H groups in total. The molecule has 27 heavy (non-hydrogen) atoms. The molecule has 2 aromatic carbocycles. The average molecular weight is 385 g/mol. The van der Waals surface area contributed by atoms with E-state index in [1.807, 2.05) is 42.0 Å². The molecular weight excluding hydrogens is 366 g/mol. The van der Waals surface area contributed by atoms with Gasteiger partial charge < -0.3 is 14.0 Å². The highest BCUT2D eigenvalue weighted by molar-refractivity contribution is 7.89. The summed E-state index contributed by atoms with van der Waals surface area (Å²) in [6.45, 7) is 2.92. The van der Waals surface area contributed by atoms with E-state index in [9.17, 15) is 8.42 Å². The van der Waals surface area contributed by atoms with Gasteiger partial charge in [-0.15, -0.1) is 0 Å². The number of ether oxygens (including phenoxy) is 2. The summed E-state index contributed by atoms with van der Waals surface area (Å²) in [4.78, 5) is 4.37. The van der Waals surface area contributed by atoms with E-state index in [4.69, 9.17) is 9.47 Å². The summed E-state index contributed by atoms with van der Waals surface area (Å²) in [6.07, 6.45) is 3.56. The second-order valence-corrected chi connectivity index (χ2v) is 7.87. The van der Waals surface area contributed by atoms with Crippen molar-refractivity contribution in [2.24, 2.45) is 0 Å². The number of aromatic nitrogens is 2. The van der Waals surface area contributed by atoms with Gasteiger partial charge in [-0.3, -0.25) is 0 Å². The fourth-order valence-electron chi connectivity index (χ4n) is 2.97. The second kappa shape index (κ2) is 7.05. The Morgan fingerprint density at radius 2 is 1.89 bits per heavy atom. The minimum absolute atomic E-state index is 0.142. The van der Waals surface area contributed by atoms with Gasteiger partial charge in [0.15, 0.2) is 11.5 Å². The average Bonchev–Trinajstić information content (AvgIpc) is 3.12. The number of rotatable bonds is 5. The van der Waals surface area contributed by atoms with Crippen molar-refractivity contribution in [3.8, 4) is 17.2 Å². The van der Waals surface area contributed by atoms with Gasteiger partial charge in [0.2, 0.25) is 10.0 Å². The van der Waals surface area contributed by atoms with Crippen LogP contribution in [0.25, 0.3) is 5.69 Å². The van der Waals surface area contributed by atoms with Gasteiger partial charge in [0.05, 0.1) is 10.6 Å². The van der Waals surface area contributed by atoms with Crippen LogP contribution < -0.4 is 14.2 Å². The minimum Gasteiger partial charge on any atom is -0.486 e. The van der Waals surface area contributed by atoms with E-state index in [1.165, 1.54) is 12.1 Å². The Morgan fingerprint density at radius 1 is 1.11 bits per heavy atom. The highest BCUT2D eigenvalue weighted by Crippen LogP contribution is 2.32. The van der Waals surface area contributed by atoms with E-state index in [-0.39, 0.29) is 11.4 Å². The quantitative estimate of drug-likeness (QED) is 0.729. The zero-order valence-corrected chi connectivity index (χ0v) is 15.6. The maximum Gasteiger partial charge on any atom is 0.241 e. The summed E-state index contributed by atoms with van der Waals surface area (Å²) < 4.78 is 41.0. The number of para-hydroxylation sites is 1. The largest absolute Gasteiger partial charge is 0.486 e. The van der Waals surface area contributed by atoms with Crippen LogP contribution >= 0.6 is 0 Å². The first kappa shape index (κ1) is 17.6. The van der Waals surface area contributed by atoms with Crippen LogP contribution in [0, 0.1) is 6.92 Å². The lowest BCUT2D eigenvalue weighted by atomic mass is 10.2. The Morgan fingerprint density at radius 3 is 2.67 bits per heavy atom. The highest BCUT2D eigenvalue weighted by atomic mass is 32.2. The molecule has 1 aromatic heterocycles. The number of nitrogens with one attached hydrogen (secondary N) is 1. The van der Waals surface area contributed by atoms with Crippen LogP contribution in [0.3, 0.4) is 0 Å². The van der Waals surface area contributed by atoms with Gasteiger partial charge in [0.1, 0.15) is 19.0 Å². The Hall–Kier alpha value is -2.84. The molecule has 0 saturated carbocycles. The van der Waals surface area contributed by atoms with Gasteiger partial charge in [-0.25, -0.2) is 18.1 Å². The molecule has 0 atom stereocenters. The number of benzene rings is 2. The van der Waals surface area contributed by atoms with Crippen molar-refractivity contribution in [3.05, 3.63) is 66.2 Å². The number of hydrogen-bond acceptors (Lipinski definition) is 5. The number of hydrogen-bond donors (Lipinski definition) is 1. The molecule has 0 fully saturated rings. The molecule has 8 heteroatoms. The molecule has 0 bridgehead atoms. The predicted molar refractivity (Wildman–Crippen MR) is 99.8 cm³/mol. The van der Waals surface area contributed by atoms with Crippen molar-refractivity contribution in [1.29, 1.82) is 0 Å². The summed E-state index contributed by atoms with van der Waals surface area (Å²) in [7, 11) is -3.70. The van der Waals surface area contributed by atoms with Crippen LogP contribution in [0.2, 0.25) is 0 Å². The lowest BCUT2D eigenvalue weighted by molar-refractivity contribution is 0.171. The third-order valence-corrected chi connectivity index (χ3v) is 5.75. The zero-order valence-electron chi connectivity index (χ0n) is 14.8. The van der Waals surface area contributed by atoms with Crippen molar-refractivity contribution in [1.82, 2.24) is 14.3 Å². The van der Waals surface area contributed by atoms with Crippen LogP contribution in [-0.2, 0) is 16.6 Å². The molecule has 0 saturated heterocycles. The molecule has 1 aliphatic rings. The molecule has 1 aliphatic heterocycles. The molecule has 7 nitrogen and oxygen atoms in total. The van der Waals surface area contributed by atoms with Gasteiger partial charge in [-0.05, 0) is 30.7 Å². The molecule has 0 amide bonds. The third-order valence-electron chi connectivity index (χ3n) is 4.35. The summed E-state index contributed by atoms with van der Waals surface area (Å²) in [5, 5.41) is 0. The first-order chi connectivity index (χ1) is 13.0. The predicted octanol–water partition coefficient (Wildman–Crippen LogP) is 2.43. The standard InChI is InChI=1S/C19H19N3O4S/c1-14-20-8-9-22(14)17-5-3-2-4-15(17)13-21-27(23,24)16-6-7-18-19(12-16)26-11-10-25-18/h2-9,12,21H,10-11,13H2,1H3. The Bertz CT molecular complexity index is 1080. The first-order valence-electron chi connectivity index (χ1n) is 8.52. The number of fused-ring (bicyclic) bond motifs is 1. The lowest BCUT2D eigenvalue weighted by Gasteiger charge is -2.19. The van der Waals surface area contributed by atoms with E-state index < -0.39 is 10.0 Å². The molecule has 0 spiro atoms. The van der Waals surface area contributed by atoms with E-state index >= 15 is 0 Å². The van der Waals surface area contributed by atoms with Gasteiger partial charge >= 0.3 is 0 Å². The normalized spacial score (nSPS) is 13.5. The number of aryl methyl sites for hydroxylation is 1. The third kappa shape index (κ3) is 3.54. The lowest BCUT2D eigenvalue weighted by Crippen LogP contribution is -2.24. The summed E-state index contributed by atoms with van der Waals surface area (Å²) in [6, 6.07) is 12.2. The van der Waals surface area contributed by atoms with Crippen molar-refractivity contribution in [2.75, 3.05) is 13.2 Å². The van der Waals surface area contributed by atoms with Crippen molar-refractivity contribution >= 4 is 10.0 Å². The first-order valence-corrected chi connectivity index (χ1v) is 10.0. The van der Waals surface area contributed by atoms with Gasteiger partial charge in [-0.1, -0.05) is 18.2 Å². The SMILES string of the molecule is Cc1nccn1-c1ccccc1CNS(=O)(=O)c1ccc2c(c1)OCCO2. The van der Waals surface area contributed by atoms with E-state index in [0.29, 0.717) is 24.7 Å². The molecule has 0 aliphatic carbocycles. The fourth-order valence-corrected chi connectivity index (χ4v) is 4.00. The van der Waals surface area contributed by atoms with Crippen LogP contribution in [0.4, 0.5) is 0 Å². The zero-order chi connectivity index (χ0) is 18.9. The molecule has 2 heterocycles. The molecule has 0 unspecified atom stereocenters. The van der Waals surface area contributed by atoms with Crippen LogP contribution in [0.15, 0.2) is 59.8 Å². The monoisotopic (exact) mass is 385 g/mol. The highest BCUT2D eigenvalue weighted by Gasteiger charge is 2.19. The number of sulfonamides is 1. The topological polar surface area (TPSA) is 82.5 Å². The van der Waals surface area contributed by atoms with E-state index in [2.05, 4.69) is 9.71 Å². The number of imidazole rings is 1. The smallest absolute Gasteiger partial charge is 0.241 e. The maximum atomic E-state index is 12.7. The van der Waals surface area contributed by atoms with Crippen molar-refractivity contribution in [2.45, 2.75) is 18.4 Å². The van der Waals surface area contributed by atoms with Crippen molar-refractivity contribution < 1.29 is 17.9 Å². The number of nitrogens with zero attached hydrogens (tertiary/aromatic N) is 2. The van der Waals surface area contributed by atoms with E-state index in [0.717, 1.165) is 17.1 Å². The summed E-state index contributed by atoms with van der Waals surface area (Å²) in [5.41, 5.74) is 1.73. The van der Waals surface area contributed by atoms with Gasteiger partial charge in [0.25, 0.3) is 0 Å². The van der Waals surface area contributed by atoms with Crippen molar-refractivity contribution in [3.63, 3.8) is 0 Å². The summed E-state index contributed by atoms with van der Waals surface area (Å²) >= 11 is 0. The minimum atomic E-state index is -3.70. The van der Waals surface area contributed by atoms with Gasteiger partial charge in [-0.2, -0.15) is 0 Å². The Labute approximate surface area is 157 Å². The second-order valence-electron chi connectivity index (χ2n) is 6.10. The summed E-state index contributed by atoms with van der Waals surface area (Å²) in [5.74, 6) is 1.83. The molecule has 3 aromatic rings. The maximum absolute atomic E-state index is 12.7. The van der Waals surface area contributed by atoms with Gasteiger partial charge in [0, 0.05) is 25.0 Å². The Balaban J connectivity index is 1.58.